The average molecular weight is 421 g/mol. The number of ether oxygens (including phenoxy) is 1. The molecule has 2 aromatic rings. The number of carbonyl (C=O) groups excluding carboxylic acids is 2. The fourth-order valence-corrected chi connectivity index (χ4v) is 2.90. The number of amides is 2. The normalized spacial score (nSPS) is 11.6. The lowest BCUT2D eigenvalue weighted by Gasteiger charge is -2.29. The van der Waals surface area contributed by atoms with Gasteiger partial charge in [0.05, 0.1) is 5.02 Å². The average Bonchev–Trinajstić information content (AvgIpc) is 2.72. The van der Waals surface area contributed by atoms with E-state index in [1.165, 1.54) is 11.0 Å². The maximum atomic E-state index is 14.1. The maximum absolute atomic E-state index is 14.1. The van der Waals surface area contributed by atoms with Crippen LogP contribution in [0.4, 0.5) is 4.39 Å². The lowest BCUT2D eigenvalue weighted by molar-refractivity contribution is -0.142. The van der Waals surface area contributed by atoms with Crippen LogP contribution in [0.1, 0.15) is 32.3 Å². The van der Waals surface area contributed by atoms with Gasteiger partial charge in [0.15, 0.2) is 6.61 Å². The summed E-state index contributed by atoms with van der Waals surface area (Å²) in [5.41, 5.74) is 0.326. The van der Waals surface area contributed by atoms with E-state index in [9.17, 15) is 14.0 Å². The summed E-state index contributed by atoms with van der Waals surface area (Å²) >= 11 is 6.06. The molecule has 0 saturated carbocycles. The van der Waals surface area contributed by atoms with Gasteiger partial charge in [-0.15, -0.1) is 0 Å². The number of benzene rings is 2. The molecule has 0 fully saturated rings. The summed E-state index contributed by atoms with van der Waals surface area (Å²) in [5.74, 6) is -0.795. The van der Waals surface area contributed by atoms with Crippen LogP contribution in [0.15, 0.2) is 48.5 Å². The van der Waals surface area contributed by atoms with Crippen molar-refractivity contribution in [3.63, 3.8) is 0 Å². The fourth-order valence-electron chi connectivity index (χ4n) is 2.71. The zero-order chi connectivity index (χ0) is 21.2. The molecule has 0 bridgehead atoms. The smallest absolute Gasteiger partial charge is 0.261 e. The molecule has 1 atom stereocenters. The summed E-state index contributed by atoms with van der Waals surface area (Å²) < 4.78 is 19.7. The highest BCUT2D eigenvalue weighted by atomic mass is 35.5. The molecular formula is C22H26ClFN2O3. The van der Waals surface area contributed by atoms with E-state index < -0.39 is 17.8 Å². The molecule has 0 unspecified atom stereocenters. The second-order valence-electron chi connectivity index (χ2n) is 6.65. The minimum atomic E-state index is -0.784. The number of rotatable bonds is 10. The molecule has 0 aliphatic rings. The van der Waals surface area contributed by atoms with Crippen molar-refractivity contribution in [2.45, 2.75) is 39.3 Å². The minimum Gasteiger partial charge on any atom is -0.482 e. The van der Waals surface area contributed by atoms with Crippen LogP contribution >= 0.6 is 11.6 Å². The molecule has 0 heterocycles. The Bertz CT molecular complexity index is 831. The third-order valence-electron chi connectivity index (χ3n) is 4.48. The lowest BCUT2D eigenvalue weighted by atomic mass is 10.1. The first-order valence-corrected chi connectivity index (χ1v) is 9.99. The number of carbonyl (C=O) groups is 2. The van der Waals surface area contributed by atoms with Crippen molar-refractivity contribution in [3.05, 3.63) is 64.9 Å². The number of hydrogen-bond acceptors (Lipinski definition) is 3. The van der Waals surface area contributed by atoms with E-state index in [2.05, 4.69) is 5.32 Å². The summed E-state index contributed by atoms with van der Waals surface area (Å²) in [6, 6.07) is 12.2. The number of nitrogens with zero attached hydrogens (tertiary/aromatic N) is 1. The lowest BCUT2D eigenvalue weighted by Crippen LogP contribution is -2.49. The molecule has 29 heavy (non-hydrogen) atoms. The van der Waals surface area contributed by atoms with Crippen LogP contribution in [0.25, 0.3) is 0 Å². The van der Waals surface area contributed by atoms with Crippen molar-refractivity contribution in [3.8, 4) is 5.75 Å². The Balaban J connectivity index is 2.14. The molecule has 0 spiro atoms. The Morgan fingerprint density at radius 3 is 2.55 bits per heavy atom. The minimum absolute atomic E-state index is 0.0419. The van der Waals surface area contributed by atoms with E-state index in [0.717, 1.165) is 12.8 Å². The van der Waals surface area contributed by atoms with Gasteiger partial charge >= 0.3 is 0 Å². The molecule has 0 aromatic heterocycles. The molecular weight excluding hydrogens is 395 g/mol. The Hall–Kier alpha value is -2.60. The van der Waals surface area contributed by atoms with Gasteiger partial charge in [-0.25, -0.2) is 4.39 Å². The summed E-state index contributed by atoms with van der Waals surface area (Å²) in [7, 11) is 0. The van der Waals surface area contributed by atoms with E-state index in [-0.39, 0.29) is 19.1 Å². The molecule has 0 radical (unpaired) electrons. The van der Waals surface area contributed by atoms with Crippen molar-refractivity contribution in [1.82, 2.24) is 10.2 Å². The van der Waals surface area contributed by atoms with Crippen LogP contribution in [0.3, 0.4) is 0 Å². The van der Waals surface area contributed by atoms with E-state index in [1.807, 2.05) is 6.92 Å². The highest BCUT2D eigenvalue weighted by Gasteiger charge is 2.27. The first kappa shape index (κ1) is 22.7. The molecule has 5 nitrogen and oxygen atoms in total. The van der Waals surface area contributed by atoms with Gasteiger partial charge < -0.3 is 15.0 Å². The van der Waals surface area contributed by atoms with Crippen molar-refractivity contribution in [2.75, 3.05) is 13.2 Å². The Kier molecular flexibility index (Phi) is 8.93. The highest BCUT2D eigenvalue weighted by molar-refractivity contribution is 6.32. The van der Waals surface area contributed by atoms with Crippen LogP contribution in [-0.2, 0) is 16.1 Å². The highest BCUT2D eigenvalue weighted by Crippen LogP contribution is 2.23. The van der Waals surface area contributed by atoms with E-state index in [1.54, 1.807) is 49.4 Å². The van der Waals surface area contributed by atoms with Gasteiger partial charge in [0, 0.05) is 18.7 Å². The maximum Gasteiger partial charge on any atom is 0.261 e. The first-order chi connectivity index (χ1) is 13.9. The van der Waals surface area contributed by atoms with Crippen LogP contribution in [0, 0.1) is 5.82 Å². The van der Waals surface area contributed by atoms with E-state index >= 15 is 0 Å². The molecule has 0 aliphatic heterocycles. The van der Waals surface area contributed by atoms with Gasteiger partial charge in [-0.2, -0.15) is 0 Å². The number of para-hydroxylation sites is 1. The molecule has 0 aliphatic carbocycles. The van der Waals surface area contributed by atoms with E-state index in [4.69, 9.17) is 16.3 Å². The summed E-state index contributed by atoms with van der Waals surface area (Å²) in [6.45, 7) is 3.81. The second-order valence-corrected chi connectivity index (χ2v) is 7.06. The fraction of sp³-hybridized carbons (Fsp3) is 0.364. The van der Waals surface area contributed by atoms with Gasteiger partial charge in [-0.3, -0.25) is 9.59 Å². The van der Waals surface area contributed by atoms with Crippen LogP contribution in [0.5, 0.6) is 5.75 Å². The topological polar surface area (TPSA) is 58.6 Å². The SMILES string of the molecule is CCCCNC(=O)[C@H](C)N(Cc1ccccc1F)C(=O)COc1ccccc1Cl. The third kappa shape index (κ3) is 6.75. The van der Waals surface area contributed by atoms with Crippen molar-refractivity contribution < 1.29 is 18.7 Å². The zero-order valence-electron chi connectivity index (χ0n) is 16.7. The number of halogens is 2. The zero-order valence-corrected chi connectivity index (χ0v) is 17.4. The monoisotopic (exact) mass is 420 g/mol. The third-order valence-corrected chi connectivity index (χ3v) is 4.80. The number of nitrogens with one attached hydrogen (secondary N) is 1. The van der Waals surface area contributed by atoms with Gasteiger partial charge in [0.2, 0.25) is 5.91 Å². The molecule has 2 rings (SSSR count). The number of hydrogen-bond donors (Lipinski definition) is 1. The predicted molar refractivity (Wildman–Crippen MR) is 111 cm³/mol. The molecule has 2 amide bonds. The largest absolute Gasteiger partial charge is 0.482 e. The molecule has 1 N–H and O–H groups in total. The van der Waals surface area contributed by atoms with Crippen molar-refractivity contribution >= 4 is 23.4 Å². The van der Waals surface area contributed by atoms with E-state index in [0.29, 0.717) is 22.9 Å². The molecule has 2 aromatic carbocycles. The predicted octanol–water partition coefficient (Wildman–Crippen LogP) is 4.19. The van der Waals surface area contributed by atoms with Crippen LogP contribution < -0.4 is 10.1 Å². The molecule has 7 heteroatoms. The molecule has 156 valence electrons. The second kappa shape index (κ2) is 11.4. The Morgan fingerprint density at radius 2 is 1.86 bits per heavy atom. The quantitative estimate of drug-likeness (QED) is 0.586. The number of unbranched alkanes of at least 4 members (excludes halogenated alkanes) is 1. The van der Waals surface area contributed by atoms with Gasteiger partial charge in [0.1, 0.15) is 17.6 Å². The standard InChI is InChI=1S/C22H26ClFN2O3/c1-3-4-13-25-22(28)16(2)26(14-17-9-5-7-11-19(17)24)21(27)15-29-20-12-8-6-10-18(20)23/h5-12,16H,3-4,13-15H2,1-2H3,(H,25,28)/t16-/m0/s1. The summed E-state index contributed by atoms with van der Waals surface area (Å²) in [4.78, 5) is 26.7. The Labute approximate surface area is 175 Å². The summed E-state index contributed by atoms with van der Waals surface area (Å²) in [6.07, 6.45) is 1.79. The van der Waals surface area contributed by atoms with Gasteiger partial charge in [-0.05, 0) is 31.5 Å². The van der Waals surface area contributed by atoms with Crippen LogP contribution in [-0.4, -0.2) is 35.9 Å². The van der Waals surface area contributed by atoms with Crippen molar-refractivity contribution in [1.29, 1.82) is 0 Å². The van der Waals surface area contributed by atoms with Crippen molar-refractivity contribution in [2.24, 2.45) is 0 Å². The molecule has 0 saturated heterocycles. The Morgan fingerprint density at radius 1 is 1.17 bits per heavy atom. The van der Waals surface area contributed by atoms with Crippen LogP contribution in [0.2, 0.25) is 5.02 Å². The summed E-state index contributed by atoms with van der Waals surface area (Å²) in [5, 5.41) is 3.19. The van der Waals surface area contributed by atoms with Gasteiger partial charge in [0.25, 0.3) is 5.91 Å². The first-order valence-electron chi connectivity index (χ1n) is 9.62. The van der Waals surface area contributed by atoms with Gasteiger partial charge in [-0.1, -0.05) is 55.3 Å².